The fraction of sp³-hybridized carbons (Fsp3) is 0.192. The van der Waals surface area contributed by atoms with Gasteiger partial charge < -0.3 is 5.32 Å². The lowest BCUT2D eigenvalue weighted by Gasteiger charge is -2.33. The SMILES string of the molecule is O=C(CN1C(=O)[C@]2(SCC(=O)N2c2cccc(Cl)c2)c2ccccc21)NCCc1ccccc1. The van der Waals surface area contributed by atoms with Crippen molar-refractivity contribution in [3.8, 4) is 0 Å². The summed E-state index contributed by atoms with van der Waals surface area (Å²) in [4.78, 5) is 41.5. The zero-order valence-corrected chi connectivity index (χ0v) is 19.8. The van der Waals surface area contributed by atoms with Crippen LogP contribution in [0, 0.1) is 0 Å². The van der Waals surface area contributed by atoms with Gasteiger partial charge in [-0.15, -0.1) is 11.8 Å². The summed E-state index contributed by atoms with van der Waals surface area (Å²) < 4.78 is 0. The van der Waals surface area contributed by atoms with Crippen molar-refractivity contribution in [2.75, 3.05) is 28.6 Å². The van der Waals surface area contributed by atoms with Crippen molar-refractivity contribution in [1.82, 2.24) is 5.32 Å². The predicted molar refractivity (Wildman–Crippen MR) is 135 cm³/mol. The zero-order valence-electron chi connectivity index (χ0n) is 18.2. The van der Waals surface area contributed by atoms with Gasteiger partial charge in [0.05, 0.1) is 11.4 Å². The zero-order chi connectivity index (χ0) is 23.7. The summed E-state index contributed by atoms with van der Waals surface area (Å²) >= 11 is 7.48. The van der Waals surface area contributed by atoms with Gasteiger partial charge in [-0.3, -0.25) is 24.2 Å². The summed E-state index contributed by atoms with van der Waals surface area (Å²) in [5, 5.41) is 3.39. The highest BCUT2D eigenvalue weighted by atomic mass is 35.5. The first kappa shape index (κ1) is 22.5. The fourth-order valence-corrected chi connectivity index (χ4v) is 6.06. The van der Waals surface area contributed by atoms with Gasteiger partial charge in [-0.1, -0.05) is 66.2 Å². The number of rotatable bonds is 6. The second kappa shape index (κ2) is 9.16. The molecular weight excluding hydrogens is 470 g/mol. The molecule has 1 fully saturated rings. The topological polar surface area (TPSA) is 69.7 Å². The standard InChI is InChI=1S/C26H22ClN3O3S/c27-19-9-6-10-20(15-19)30-24(32)17-34-26(30)21-11-4-5-12-22(21)29(25(26)33)16-23(31)28-14-13-18-7-2-1-3-8-18/h1-12,15H,13-14,16-17H2,(H,28,31)/t26-/m1/s1. The van der Waals surface area contributed by atoms with E-state index >= 15 is 0 Å². The van der Waals surface area contributed by atoms with Gasteiger partial charge in [0, 0.05) is 22.8 Å². The number of anilines is 2. The molecule has 0 unspecified atom stereocenters. The van der Waals surface area contributed by atoms with Crippen molar-refractivity contribution < 1.29 is 14.4 Å². The van der Waals surface area contributed by atoms with E-state index in [0.717, 1.165) is 5.56 Å². The molecule has 2 heterocycles. The molecule has 0 aromatic heterocycles. The van der Waals surface area contributed by atoms with Gasteiger partial charge in [-0.25, -0.2) is 0 Å². The maximum atomic E-state index is 13.9. The Hall–Kier alpha value is -3.29. The number of benzene rings is 3. The maximum absolute atomic E-state index is 13.9. The van der Waals surface area contributed by atoms with E-state index in [1.54, 1.807) is 24.3 Å². The Morgan fingerprint density at radius 1 is 1.00 bits per heavy atom. The minimum atomic E-state index is -1.26. The van der Waals surface area contributed by atoms with Crippen LogP contribution in [0.2, 0.25) is 5.02 Å². The van der Waals surface area contributed by atoms with Crippen molar-refractivity contribution in [2.24, 2.45) is 0 Å². The van der Waals surface area contributed by atoms with E-state index in [9.17, 15) is 14.4 Å². The highest BCUT2D eigenvalue weighted by Gasteiger charge is 2.61. The predicted octanol–water partition coefficient (Wildman–Crippen LogP) is 3.98. The van der Waals surface area contributed by atoms with Crippen molar-refractivity contribution in [3.63, 3.8) is 0 Å². The van der Waals surface area contributed by atoms with Crippen LogP contribution in [-0.4, -0.2) is 36.6 Å². The Morgan fingerprint density at radius 3 is 2.56 bits per heavy atom. The van der Waals surface area contributed by atoms with Crippen molar-refractivity contribution in [2.45, 2.75) is 11.3 Å². The molecule has 1 saturated heterocycles. The molecule has 3 amide bonds. The van der Waals surface area contributed by atoms with E-state index < -0.39 is 4.87 Å². The minimum absolute atomic E-state index is 0.121. The molecular formula is C26H22ClN3O3S. The molecule has 0 bridgehead atoms. The summed E-state index contributed by atoms with van der Waals surface area (Å²) in [6, 6.07) is 24.2. The first-order valence-electron chi connectivity index (χ1n) is 11.0. The van der Waals surface area contributed by atoms with Crippen LogP contribution in [-0.2, 0) is 25.7 Å². The van der Waals surface area contributed by atoms with Crippen molar-refractivity contribution in [1.29, 1.82) is 0 Å². The number of carbonyl (C=O) groups is 3. The number of halogens is 1. The molecule has 5 rings (SSSR count). The summed E-state index contributed by atoms with van der Waals surface area (Å²) in [7, 11) is 0. The molecule has 0 aliphatic carbocycles. The lowest BCUT2D eigenvalue weighted by molar-refractivity contribution is -0.125. The number of para-hydroxylation sites is 1. The molecule has 0 saturated carbocycles. The molecule has 34 heavy (non-hydrogen) atoms. The quantitative estimate of drug-likeness (QED) is 0.566. The third-order valence-corrected chi connectivity index (χ3v) is 7.63. The summed E-state index contributed by atoms with van der Waals surface area (Å²) in [5.41, 5.74) is 3.02. The van der Waals surface area contributed by atoms with E-state index in [1.165, 1.54) is 21.6 Å². The average Bonchev–Trinajstić information content (AvgIpc) is 3.31. The highest BCUT2D eigenvalue weighted by molar-refractivity contribution is 8.02. The molecule has 1 atom stereocenters. The third-order valence-electron chi connectivity index (χ3n) is 6.01. The summed E-state index contributed by atoms with van der Waals surface area (Å²) in [5.74, 6) is -0.573. The van der Waals surface area contributed by atoms with Crippen molar-refractivity contribution >= 4 is 52.5 Å². The van der Waals surface area contributed by atoms with Crippen LogP contribution in [0.4, 0.5) is 11.4 Å². The van der Waals surface area contributed by atoms with E-state index in [-0.39, 0.29) is 30.0 Å². The number of nitrogens with one attached hydrogen (secondary N) is 1. The van der Waals surface area contributed by atoms with Crippen LogP contribution < -0.4 is 15.1 Å². The van der Waals surface area contributed by atoms with Crippen LogP contribution in [0.15, 0.2) is 78.9 Å². The number of amides is 3. The van der Waals surface area contributed by atoms with E-state index in [4.69, 9.17) is 11.6 Å². The smallest absolute Gasteiger partial charge is 0.269 e. The number of nitrogens with zero attached hydrogens (tertiary/aromatic N) is 2. The monoisotopic (exact) mass is 491 g/mol. The van der Waals surface area contributed by atoms with Gasteiger partial charge in [-0.05, 0) is 36.2 Å². The van der Waals surface area contributed by atoms with Crippen LogP contribution in [0.3, 0.4) is 0 Å². The number of carbonyl (C=O) groups excluding carboxylic acids is 3. The number of thioether (sulfide) groups is 1. The summed E-state index contributed by atoms with van der Waals surface area (Å²) in [6.07, 6.45) is 0.702. The van der Waals surface area contributed by atoms with Crippen LogP contribution in [0.1, 0.15) is 11.1 Å². The van der Waals surface area contributed by atoms with Gasteiger partial charge in [-0.2, -0.15) is 0 Å². The summed E-state index contributed by atoms with van der Waals surface area (Å²) in [6.45, 7) is 0.351. The minimum Gasteiger partial charge on any atom is -0.354 e. The molecule has 3 aromatic rings. The number of hydrogen-bond donors (Lipinski definition) is 1. The second-order valence-electron chi connectivity index (χ2n) is 8.14. The van der Waals surface area contributed by atoms with Gasteiger partial charge in [0.15, 0.2) is 0 Å². The Kier molecular flexibility index (Phi) is 6.06. The molecule has 2 aliphatic rings. The molecule has 0 radical (unpaired) electrons. The average molecular weight is 492 g/mol. The first-order valence-corrected chi connectivity index (χ1v) is 12.3. The molecule has 2 aliphatic heterocycles. The normalized spacial score (nSPS) is 19.1. The number of hydrogen-bond acceptors (Lipinski definition) is 4. The Morgan fingerprint density at radius 2 is 1.76 bits per heavy atom. The third kappa shape index (κ3) is 3.85. The van der Waals surface area contributed by atoms with E-state index in [2.05, 4.69) is 5.32 Å². The fourth-order valence-electron chi connectivity index (χ4n) is 4.52. The van der Waals surface area contributed by atoms with Crippen LogP contribution >= 0.6 is 23.4 Å². The maximum Gasteiger partial charge on any atom is 0.269 e. The largest absolute Gasteiger partial charge is 0.354 e. The highest BCUT2D eigenvalue weighted by Crippen LogP contribution is 2.55. The molecule has 172 valence electrons. The van der Waals surface area contributed by atoms with Gasteiger partial charge >= 0.3 is 0 Å². The van der Waals surface area contributed by atoms with Gasteiger partial charge in [0.25, 0.3) is 5.91 Å². The first-order chi connectivity index (χ1) is 16.5. The molecule has 8 heteroatoms. The van der Waals surface area contributed by atoms with E-state index in [1.807, 2.05) is 54.6 Å². The lowest BCUT2D eigenvalue weighted by atomic mass is 10.0. The van der Waals surface area contributed by atoms with Gasteiger partial charge in [0.1, 0.15) is 6.54 Å². The Balaban J connectivity index is 1.41. The van der Waals surface area contributed by atoms with Gasteiger partial charge in [0.2, 0.25) is 16.7 Å². The lowest BCUT2D eigenvalue weighted by Crippen LogP contribution is -2.51. The van der Waals surface area contributed by atoms with E-state index in [0.29, 0.717) is 34.9 Å². The molecule has 1 N–H and O–H groups in total. The molecule has 1 spiro atoms. The molecule has 3 aromatic carbocycles. The Labute approximate surface area is 206 Å². The van der Waals surface area contributed by atoms with Crippen LogP contribution in [0.25, 0.3) is 0 Å². The van der Waals surface area contributed by atoms with Crippen LogP contribution in [0.5, 0.6) is 0 Å². The molecule has 6 nitrogen and oxygen atoms in total. The Bertz CT molecular complexity index is 1270. The number of fused-ring (bicyclic) bond motifs is 2. The second-order valence-corrected chi connectivity index (χ2v) is 9.74. The van der Waals surface area contributed by atoms with Crippen molar-refractivity contribution in [3.05, 3.63) is 95.0 Å².